The number of hydrogen-bond acceptors (Lipinski definition) is 9. The average Bonchev–Trinajstić information content (AvgIpc) is 3.38. The van der Waals surface area contributed by atoms with Gasteiger partial charge in [0.1, 0.15) is 12.2 Å². The maximum absolute atomic E-state index is 14.3. The Morgan fingerprint density at radius 3 is 2.50 bits per heavy atom. The Kier molecular flexibility index (Phi) is 5.84. The molecule has 38 heavy (non-hydrogen) atoms. The summed E-state index contributed by atoms with van der Waals surface area (Å²) in [5.74, 6) is -3.20. The number of esters is 3. The second-order valence-corrected chi connectivity index (χ2v) is 12.1. The van der Waals surface area contributed by atoms with E-state index in [9.17, 15) is 24.3 Å². The molecule has 2 fully saturated rings. The number of cyclic esters (lactones) is 1. The van der Waals surface area contributed by atoms with Crippen LogP contribution in [0.5, 0.6) is 0 Å². The number of ketones is 1. The predicted molar refractivity (Wildman–Crippen MR) is 132 cm³/mol. The monoisotopic (exact) mass is 526 g/mol. The van der Waals surface area contributed by atoms with Crippen molar-refractivity contribution in [3.8, 4) is 0 Å². The topological polar surface area (TPSA) is 129 Å². The van der Waals surface area contributed by atoms with Crippen LogP contribution in [0.1, 0.15) is 65.5 Å². The van der Waals surface area contributed by atoms with Gasteiger partial charge in [0.25, 0.3) is 0 Å². The van der Waals surface area contributed by atoms with Gasteiger partial charge in [0.05, 0.1) is 19.6 Å². The van der Waals surface area contributed by atoms with Gasteiger partial charge >= 0.3 is 17.9 Å². The molecular weight excluding hydrogens is 492 g/mol. The molecule has 4 aliphatic rings. The van der Waals surface area contributed by atoms with Gasteiger partial charge in [-0.3, -0.25) is 14.4 Å². The third-order valence-electron chi connectivity index (χ3n) is 9.71. The fourth-order valence-electron chi connectivity index (χ4n) is 7.98. The minimum atomic E-state index is -2.16. The number of ether oxygens (including phenoxy) is 3. The molecule has 204 valence electrons. The highest BCUT2D eigenvalue weighted by molar-refractivity contribution is 6.00. The van der Waals surface area contributed by atoms with Gasteiger partial charge in [-0.1, -0.05) is 27.7 Å². The molecule has 2 saturated carbocycles. The third kappa shape index (κ3) is 3.40. The summed E-state index contributed by atoms with van der Waals surface area (Å²) in [6.07, 6.45) is 5.16. The Labute approximate surface area is 221 Å². The summed E-state index contributed by atoms with van der Waals surface area (Å²) in [5, 5.41) is 12.1. The van der Waals surface area contributed by atoms with Crippen molar-refractivity contribution in [2.24, 2.45) is 28.1 Å². The van der Waals surface area contributed by atoms with Crippen LogP contribution in [0.2, 0.25) is 0 Å². The summed E-state index contributed by atoms with van der Waals surface area (Å²) in [6, 6.07) is 1.76. The standard InChI is InChI=1S/C29H34O9/c1-15(30)37-25-26(2,3)20(12-21(31)35-6)28(5)18-7-9-27(4)19(17(18)13-29(25,34)24(28)33)11-22(32)38-23(27)16-8-10-36-14-16/h8,10-11,13-14,18,20,23,25,34H,7,9,12H2,1-6H3/t18-,20-,23-,25-,27+,28+,29-/m0/s1. The van der Waals surface area contributed by atoms with E-state index < -0.39 is 69.6 Å². The van der Waals surface area contributed by atoms with Crippen LogP contribution in [-0.2, 0) is 33.4 Å². The molecule has 0 radical (unpaired) electrons. The second-order valence-electron chi connectivity index (χ2n) is 12.1. The molecule has 3 aliphatic carbocycles. The second kappa shape index (κ2) is 8.40. The first-order chi connectivity index (χ1) is 17.7. The van der Waals surface area contributed by atoms with Gasteiger partial charge in [0.15, 0.2) is 11.4 Å². The molecule has 1 aromatic rings. The molecule has 9 heteroatoms. The van der Waals surface area contributed by atoms with Crippen LogP contribution in [-0.4, -0.2) is 47.6 Å². The number of carbonyl (C=O) groups is 4. The van der Waals surface area contributed by atoms with E-state index in [4.69, 9.17) is 18.6 Å². The first-order valence-electron chi connectivity index (χ1n) is 12.9. The number of furan rings is 1. The molecule has 7 atom stereocenters. The van der Waals surface area contributed by atoms with E-state index >= 15 is 0 Å². The van der Waals surface area contributed by atoms with Crippen molar-refractivity contribution in [2.75, 3.05) is 7.11 Å². The largest absolute Gasteiger partial charge is 0.472 e. The van der Waals surface area contributed by atoms with Crippen LogP contribution in [0.15, 0.2) is 46.3 Å². The fraction of sp³-hybridized carbons (Fsp3) is 0.586. The van der Waals surface area contributed by atoms with Crippen LogP contribution in [0.3, 0.4) is 0 Å². The smallest absolute Gasteiger partial charge is 0.331 e. The van der Waals surface area contributed by atoms with Gasteiger partial charge in [-0.2, -0.15) is 0 Å². The van der Waals surface area contributed by atoms with Gasteiger partial charge in [0, 0.05) is 41.2 Å². The lowest BCUT2D eigenvalue weighted by atomic mass is 9.40. The van der Waals surface area contributed by atoms with E-state index in [2.05, 4.69) is 0 Å². The van der Waals surface area contributed by atoms with Crippen LogP contribution in [0, 0.1) is 28.1 Å². The molecule has 0 spiro atoms. The molecule has 9 nitrogen and oxygen atoms in total. The van der Waals surface area contributed by atoms with E-state index in [0.29, 0.717) is 29.6 Å². The third-order valence-corrected chi connectivity index (χ3v) is 9.71. The number of allylic oxidation sites excluding steroid dienone is 1. The summed E-state index contributed by atoms with van der Waals surface area (Å²) in [6.45, 7) is 8.62. The molecule has 1 aromatic heterocycles. The first kappa shape index (κ1) is 26.4. The molecule has 5 rings (SSSR count). The summed E-state index contributed by atoms with van der Waals surface area (Å²) >= 11 is 0. The molecule has 2 bridgehead atoms. The minimum Gasteiger partial charge on any atom is -0.472 e. The maximum atomic E-state index is 14.3. The normalized spacial score (nSPS) is 39.1. The molecule has 0 amide bonds. The number of methoxy groups -OCH3 is 1. The highest BCUT2D eigenvalue weighted by atomic mass is 16.6. The van der Waals surface area contributed by atoms with Crippen molar-refractivity contribution in [1.29, 1.82) is 0 Å². The fourth-order valence-corrected chi connectivity index (χ4v) is 7.98. The van der Waals surface area contributed by atoms with Crippen LogP contribution in [0.4, 0.5) is 0 Å². The van der Waals surface area contributed by atoms with Crippen molar-refractivity contribution in [2.45, 2.75) is 71.7 Å². The quantitative estimate of drug-likeness (QED) is 0.462. The zero-order valence-electron chi connectivity index (χ0n) is 22.5. The average molecular weight is 527 g/mol. The lowest BCUT2D eigenvalue weighted by Gasteiger charge is -2.64. The SMILES string of the molecule is COC(=O)C[C@H]1C(C)(C)[C@H](OC(C)=O)[C@]2(O)C=C3C4=CC(=O)O[C@@H](c5ccoc5)[C@]4(C)CC[C@@H]3[C@@]1(C)C2=O. The lowest BCUT2D eigenvalue weighted by molar-refractivity contribution is -0.221. The Hall–Kier alpha value is -3.20. The van der Waals surface area contributed by atoms with E-state index in [1.54, 1.807) is 19.3 Å². The summed E-state index contributed by atoms with van der Waals surface area (Å²) < 4.78 is 21.7. The molecule has 0 aromatic carbocycles. The number of aliphatic hydroxyl groups is 1. The number of Topliss-reactive ketones (excluding diaryl/α,β-unsaturated/α-hetero) is 1. The molecule has 2 heterocycles. The van der Waals surface area contributed by atoms with Gasteiger partial charge in [0.2, 0.25) is 0 Å². The van der Waals surface area contributed by atoms with Crippen molar-refractivity contribution in [1.82, 2.24) is 0 Å². The minimum absolute atomic E-state index is 0.0979. The Balaban J connectivity index is 1.74. The van der Waals surface area contributed by atoms with Gasteiger partial charge in [-0.05, 0) is 48.0 Å². The maximum Gasteiger partial charge on any atom is 0.331 e. The first-order valence-corrected chi connectivity index (χ1v) is 12.9. The zero-order chi connectivity index (χ0) is 27.8. The molecular formula is C29H34O9. The van der Waals surface area contributed by atoms with Gasteiger partial charge in [-0.15, -0.1) is 0 Å². The Morgan fingerprint density at radius 1 is 1.18 bits per heavy atom. The molecule has 0 unspecified atom stereocenters. The van der Waals surface area contributed by atoms with Crippen molar-refractivity contribution >= 4 is 23.7 Å². The highest BCUT2D eigenvalue weighted by Gasteiger charge is 2.73. The van der Waals surface area contributed by atoms with Crippen molar-refractivity contribution in [3.05, 3.63) is 47.5 Å². The number of rotatable bonds is 4. The predicted octanol–water partition coefficient (Wildman–Crippen LogP) is 3.62. The van der Waals surface area contributed by atoms with Crippen LogP contribution in [0.25, 0.3) is 0 Å². The van der Waals surface area contributed by atoms with Crippen LogP contribution >= 0.6 is 0 Å². The zero-order valence-corrected chi connectivity index (χ0v) is 22.5. The van der Waals surface area contributed by atoms with Crippen molar-refractivity contribution < 1.29 is 42.9 Å². The lowest BCUT2D eigenvalue weighted by Crippen LogP contribution is -2.73. The Morgan fingerprint density at radius 2 is 1.89 bits per heavy atom. The van der Waals surface area contributed by atoms with E-state index in [1.807, 2.05) is 20.8 Å². The molecule has 1 aliphatic heterocycles. The molecule has 1 N–H and O–H groups in total. The summed E-state index contributed by atoms with van der Waals surface area (Å²) in [5.41, 5.74) is -2.96. The van der Waals surface area contributed by atoms with Gasteiger partial charge in [-0.25, -0.2) is 4.79 Å². The highest BCUT2D eigenvalue weighted by Crippen LogP contribution is 2.68. The Bertz CT molecular complexity index is 1270. The number of fused-ring (bicyclic) bond motifs is 6. The number of carbonyl (C=O) groups excluding carboxylic acids is 4. The van der Waals surface area contributed by atoms with Crippen molar-refractivity contribution in [3.63, 3.8) is 0 Å². The van der Waals surface area contributed by atoms with E-state index in [-0.39, 0.29) is 6.42 Å². The van der Waals surface area contributed by atoms with E-state index in [0.717, 1.165) is 0 Å². The summed E-state index contributed by atoms with van der Waals surface area (Å²) in [7, 11) is 1.29. The van der Waals surface area contributed by atoms with Gasteiger partial charge < -0.3 is 23.7 Å². The number of hydrogen-bond donors (Lipinski definition) is 1. The summed E-state index contributed by atoms with van der Waals surface area (Å²) in [4.78, 5) is 52.0. The molecule has 0 saturated heterocycles. The van der Waals surface area contributed by atoms with Crippen LogP contribution < -0.4 is 0 Å². The van der Waals surface area contributed by atoms with E-state index in [1.165, 1.54) is 32.4 Å².